The summed E-state index contributed by atoms with van der Waals surface area (Å²) in [4.78, 5) is 14.6. The Balaban J connectivity index is 0.00000422. The number of para-hydroxylation sites is 1. The first-order valence-electron chi connectivity index (χ1n) is 20.0. The number of hydrogen-bond donors (Lipinski definition) is 0. The molecule has 6 nitrogen and oxygen atoms in total. The summed E-state index contributed by atoms with van der Waals surface area (Å²) in [7, 11) is 0. The van der Waals surface area contributed by atoms with Crippen molar-refractivity contribution in [3.8, 4) is 5.82 Å². The van der Waals surface area contributed by atoms with Crippen LogP contribution in [0.4, 0.5) is 22.7 Å². The van der Waals surface area contributed by atoms with E-state index < -0.39 is 0 Å². The number of aromatic nitrogens is 4. The van der Waals surface area contributed by atoms with E-state index in [4.69, 9.17) is 9.97 Å². The van der Waals surface area contributed by atoms with Crippen molar-refractivity contribution in [1.82, 2.24) is 19.1 Å². The van der Waals surface area contributed by atoms with Crippen molar-refractivity contribution in [3.05, 3.63) is 156 Å². The van der Waals surface area contributed by atoms with Crippen molar-refractivity contribution in [2.75, 3.05) is 9.80 Å². The van der Waals surface area contributed by atoms with Gasteiger partial charge in [-0.05, 0) is 89.1 Å². The minimum absolute atomic E-state index is 0. The molecule has 5 heterocycles. The Morgan fingerprint density at radius 1 is 0.684 bits per heavy atom. The predicted octanol–water partition coefficient (Wildman–Crippen LogP) is 12.1. The van der Waals surface area contributed by atoms with Gasteiger partial charge in [0, 0.05) is 62.8 Å². The fourth-order valence-electron chi connectivity index (χ4n) is 8.57. The van der Waals surface area contributed by atoms with E-state index in [9.17, 15) is 0 Å². The van der Waals surface area contributed by atoms with Crippen LogP contribution in [0.5, 0.6) is 0 Å². The Morgan fingerprint density at radius 3 is 2.26 bits per heavy atom. The molecule has 8 aromatic rings. The van der Waals surface area contributed by atoms with Crippen LogP contribution in [-0.2, 0) is 51.3 Å². The molecule has 0 atom stereocenters. The molecule has 0 bridgehead atoms. The molecule has 2 aliphatic rings. The molecule has 0 radical (unpaired) electrons. The van der Waals surface area contributed by atoms with Gasteiger partial charge >= 0.3 is 0 Å². The van der Waals surface area contributed by atoms with Crippen molar-refractivity contribution >= 4 is 55.6 Å². The van der Waals surface area contributed by atoms with Crippen molar-refractivity contribution < 1.29 is 21.1 Å². The van der Waals surface area contributed by atoms with Crippen LogP contribution in [0.3, 0.4) is 0 Å². The molecule has 0 saturated heterocycles. The van der Waals surface area contributed by atoms with Gasteiger partial charge in [0.15, 0.2) is 0 Å². The van der Waals surface area contributed by atoms with Gasteiger partial charge in [0.1, 0.15) is 11.6 Å². The van der Waals surface area contributed by atoms with Crippen molar-refractivity contribution in [2.24, 2.45) is 0 Å². The van der Waals surface area contributed by atoms with E-state index >= 15 is 0 Å². The van der Waals surface area contributed by atoms with Crippen LogP contribution in [0.1, 0.15) is 82.5 Å². The fraction of sp³-hybridized carbons (Fsp3) is 0.260. The number of pyridine rings is 1. The van der Waals surface area contributed by atoms with Gasteiger partial charge in [0.05, 0.1) is 11.0 Å². The predicted molar refractivity (Wildman–Crippen MR) is 231 cm³/mol. The van der Waals surface area contributed by atoms with Gasteiger partial charge in [-0.2, -0.15) is 53.6 Å². The standard InChI is InChI=1S/C50H47N6.Pt/c1-49(2,3)35-18-20-37(21-19-35)54-32-55(45-30-41-44(31-46(45)54)53-25-10-9-16-47(53)52-41)38-13-11-12-33(27-38)26-34-17-22-40-39-14-7-8-15-42(39)56(43(40)28-34)48-29-36(23-24-51-48)50(4,5)6;/h7-8,11-15,17-24,29-32H,9-10,16,25-26H2,1-6H3;/q-3;. The molecular weight excluding hydrogens is 880 g/mol. The van der Waals surface area contributed by atoms with Gasteiger partial charge in [-0.3, -0.25) is 0 Å². The molecule has 57 heavy (non-hydrogen) atoms. The Labute approximate surface area is 350 Å². The van der Waals surface area contributed by atoms with Gasteiger partial charge in [-0.15, -0.1) is 17.7 Å². The zero-order valence-corrected chi connectivity index (χ0v) is 35.8. The van der Waals surface area contributed by atoms with Crippen LogP contribution < -0.4 is 9.80 Å². The summed E-state index contributed by atoms with van der Waals surface area (Å²) in [6.07, 6.45) is 6.06. The maximum atomic E-state index is 5.14. The molecule has 0 saturated carbocycles. The molecule has 0 spiro atoms. The van der Waals surface area contributed by atoms with Crippen LogP contribution >= 0.6 is 0 Å². The van der Waals surface area contributed by atoms with Crippen LogP contribution in [0.2, 0.25) is 0 Å². The summed E-state index contributed by atoms with van der Waals surface area (Å²) >= 11 is 0. The number of benzene rings is 5. The molecular formula is C50H47N6Pt-3. The fourth-order valence-corrected chi connectivity index (χ4v) is 8.57. The summed E-state index contributed by atoms with van der Waals surface area (Å²) in [5, 5.41) is 2.38. The largest absolute Gasteiger partial charge is 0.493 e. The average Bonchev–Trinajstić information content (AvgIpc) is 3.85. The number of imidazole rings is 1. The van der Waals surface area contributed by atoms with Gasteiger partial charge in [0.25, 0.3) is 0 Å². The number of aryl methyl sites for hydroxylation is 2. The third-order valence-corrected chi connectivity index (χ3v) is 11.7. The maximum Gasteiger partial charge on any atom is 0.135 e. The summed E-state index contributed by atoms with van der Waals surface area (Å²) in [5.74, 6) is 2.11. The Morgan fingerprint density at radius 2 is 1.46 bits per heavy atom. The molecule has 0 unspecified atom stereocenters. The number of hydrogen-bond acceptors (Lipinski definition) is 4. The molecule has 0 aliphatic carbocycles. The van der Waals surface area contributed by atoms with Gasteiger partial charge < -0.3 is 18.9 Å². The quantitative estimate of drug-likeness (QED) is 0.161. The maximum absolute atomic E-state index is 5.14. The van der Waals surface area contributed by atoms with E-state index in [0.29, 0.717) is 6.42 Å². The van der Waals surface area contributed by atoms with E-state index in [0.717, 1.165) is 69.2 Å². The SMILES string of the molecule is CC(C)(C)c1ccc(N2[CH-]N(c3[c-]c(Cc4[c-]c5c(cc4)c4ccccc4n5-c4cc(C(C)(C)C)ccn4)ccc3)c3cc4nc5n(c4cc32)CCCC5)cc1.[Pt]. The third-order valence-electron chi connectivity index (χ3n) is 11.7. The molecule has 0 fully saturated rings. The second-order valence-electron chi connectivity index (χ2n) is 17.6. The molecule has 3 aromatic heterocycles. The monoisotopic (exact) mass is 926 g/mol. The minimum Gasteiger partial charge on any atom is -0.493 e. The summed E-state index contributed by atoms with van der Waals surface area (Å²) < 4.78 is 4.70. The minimum atomic E-state index is 0. The first-order valence-corrected chi connectivity index (χ1v) is 20.0. The first kappa shape index (κ1) is 37.4. The third kappa shape index (κ3) is 6.56. The Hall–Kier alpha value is -5.19. The smallest absolute Gasteiger partial charge is 0.135 e. The summed E-state index contributed by atoms with van der Waals surface area (Å²) in [5.41, 5.74) is 13.7. The normalized spacial score (nSPS) is 14.4. The Kier molecular flexibility index (Phi) is 9.20. The summed E-state index contributed by atoms with van der Waals surface area (Å²) in [6.45, 7) is 16.8. The van der Waals surface area contributed by atoms with Gasteiger partial charge in [-0.1, -0.05) is 77.4 Å². The van der Waals surface area contributed by atoms with Crippen molar-refractivity contribution in [3.63, 3.8) is 0 Å². The van der Waals surface area contributed by atoms with Crippen LogP contribution in [0, 0.1) is 18.8 Å². The molecule has 2 aliphatic heterocycles. The average molecular weight is 927 g/mol. The first-order chi connectivity index (χ1) is 27.0. The van der Waals surface area contributed by atoms with Crippen molar-refractivity contribution in [2.45, 2.75) is 84.6 Å². The number of nitrogens with zero attached hydrogens (tertiary/aromatic N) is 6. The molecule has 0 N–H and O–H groups in total. The molecule has 5 aromatic carbocycles. The molecule has 0 amide bonds. The second kappa shape index (κ2) is 14.0. The van der Waals surface area contributed by atoms with Crippen LogP contribution in [0.25, 0.3) is 38.7 Å². The van der Waals surface area contributed by atoms with Crippen molar-refractivity contribution in [1.29, 1.82) is 0 Å². The number of fused-ring (bicyclic) bond motifs is 7. The Bertz CT molecular complexity index is 2800. The van der Waals surface area contributed by atoms with E-state index in [-0.39, 0.29) is 31.9 Å². The number of anilines is 4. The topological polar surface area (TPSA) is 42.1 Å². The van der Waals surface area contributed by atoms with Gasteiger partial charge in [0.2, 0.25) is 0 Å². The molecule has 10 rings (SSSR count). The summed E-state index contributed by atoms with van der Waals surface area (Å²) in [6, 6.07) is 45.2. The van der Waals surface area contributed by atoms with E-state index in [1.807, 2.05) is 6.20 Å². The van der Waals surface area contributed by atoms with Crippen LogP contribution in [0.15, 0.2) is 109 Å². The van der Waals surface area contributed by atoms with E-state index in [1.54, 1.807) is 0 Å². The second-order valence-corrected chi connectivity index (χ2v) is 17.6. The molecule has 7 heteroatoms. The van der Waals surface area contributed by atoms with Gasteiger partial charge in [-0.25, -0.2) is 9.97 Å². The zero-order valence-electron chi connectivity index (χ0n) is 33.5. The van der Waals surface area contributed by atoms with E-state index in [1.165, 1.54) is 46.1 Å². The van der Waals surface area contributed by atoms with E-state index in [2.05, 4.69) is 182 Å². The molecule has 290 valence electrons. The zero-order chi connectivity index (χ0) is 38.3. The van der Waals surface area contributed by atoms with Crippen LogP contribution in [-0.4, -0.2) is 19.1 Å². The number of rotatable bonds is 5.